The molecule has 6 nitrogen and oxygen atoms in total. The Kier molecular flexibility index (Phi) is 4.49. The summed E-state index contributed by atoms with van der Waals surface area (Å²) in [4.78, 5) is 17.8. The first-order valence-electron chi connectivity index (χ1n) is 6.12. The molecule has 1 aliphatic rings. The van der Waals surface area contributed by atoms with Crippen molar-refractivity contribution in [1.29, 1.82) is 0 Å². The summed E-state index contributed by atoms with van der Waals surface area (Å²) in [6, 6.07) is 3.12. The van der Waals surface area contributed by atoms with E-state index in [9.17, 15) is 9.90 Å². The third kappa shape index (κ3) is 3.68. The van der Waals surface area contributed by atoms with Gasteiger partial charge in [-0.05, 0) is 31.6 Å². The minimum atomic E-state index is -0.147. The Hall–Kier alpha value is -1.66. The predicted octanol–water partition coefficient (Wildman–Crippen LogP) is 0.0210. The highest BCUT2D eigenvalue weighted by Crippen LogP contribution is 2.17. The van der Waals surface area contributed by atoms with Crippen LogP contribution in [0.5, 0.6) is 5.75 Å². The van der Waals surface area contributed by atoms with Crippen molar-refractivity contribution in [3.63, 3.8) is 0 Å². The maximum atomic E-state index is 11.8. The van der Waals surface area contributed by atoms with E-state index in [0.29, 0.717) is 6.54 Å². The molecular weight excluding hydrogens is 232 g/mol. The van der Waals surface area contributed by atoms with E-state index in [0.717, 1.165) is 32.6 Å². The van der Waals surface area contributed by atoms with Crippen molar-refractivity contribution in [2.45, 2.75) is 6.42 Å². The van der Waals surface area contributed by atoms with Gasteiger partial charge in [0.25, 0.3) is 0 Å². The zero-order valence-electron chi connectivity index (χ0n) is 10.2. The van der Waals surface area contributed by atoms with E-state index in [-0.39, 0.29) is 17.5 Å². The van der Waals surface area contributed by atoms with Gasteiger partial charge in [0, 0.05) is 19.3 Å². The van der Waals surface area contributed by atoms with Crippen LogP contribution in [0.15, 0.2) is 18.3 Å². The maximum Gasteiger partial charge on any atom is 0.239 e. The van der Waals surface area contributed by atoms with Crippen molar-refractivity contribution in [1.82, 2.24) is 15.2 Å². The molecule has 0 aliphatic carbocycles. The predicted molar refractivity (Wildman–Crippen MR) is 68.5 cm³/mol. The van der Waals surface area contributed by atoms with E-state index in [1.54, 1.807) is 6.07 Å². The highest BCUT2D eigenvalue weighted by atomic mass is 16.3. The van der Waals surface area contributed by atoms with Gasteiger partial charge in [-0.2, -0.15) is 0 Å². The van der Waals surface area contributed by atoms with Crippen LogP contribution in [0.1, 0.15) is 6.42 Å². The third-order valence-corrected chi connectivity index (χ3v) is 2.84. The highest BCUT2D eigenvalue weighted by molar-refractivity contribution is 5.92. The summed E-state index contributed by atoms with van der Waals surface area (Å²) in [6.45, 7) is 4.01. The molecule has 0 unspecified atom stereocenters. The lowest BCUT2D eigenvalue weighted by Crippen LogP contribution is -2.35. The van der Waals surface area contributed by atoms with Crippen LogP contribution in [0.2, 0.25) is 0 Å². The molecule has 3 N–H and O–H groups in total. The number of pyridine rings is 1. The highest BCUT2D eigenvalue weighted by Gasteiger charge is 2.14. The molecule has 1 aromatic heterocycles. The molecule has 2 rings (SSSR count). The number of aromatic hydroxyl groups is 1. The van der Waals surface area contributed by atoms with E-state index in [2.05, 4.69) is 20.5 Å². The number of nitrogens with zero attached hydrogens (tertiary/aromatic N) is 2. The molecule has 1 fully saturated rings. The molecule has 0 radical (unpaired) electrons. The quantitative estimate of drug-likeness (QED) is 0.705. The van der Waals surface area contributed by atoms with Gasteiger partial charge < -0.3 is 15.7 Å². The second-order valence-corrected chi connectivity index (χ2v) is 4.30. The lowest BCUT2D eigenvalue weighted by molar-refractivity contribution is -0.117. The Morgan fingerprint density at radius 3 is 3.22 bits per heavy atom. The molecule has 18 heavy (non-hydrogen) atoms. The molecule has 0 bridgehead atoms. The Morgan fingerprint density at radius 1 is 1.50 bits per heavy atom. The van der Waals surface area contributed by atoms with Gasteiger partial charge in [0.2, 0.25) is 5.91 Å². The second kappa shape index (κ2) is 6.32. The van der Waals surface area contributed by atoms with E-state index in [1.165, 1.54) is 12.3 Å². The van der Waals surface area contributed by atoms with Crippen LogP contribution >= 0.6 is 0 Å². The standard InChI is InChI=1S/C12H18N4O2/c17-10-3-1-5-14-12(10)15-11(18)9-16-7-2-4-13-6-8-16/h1,3,5,13,17H,2,4,6-9H2,(H,14,15,18). The summed E-state index contributed by atoms with van der Waals surface area (Å²) >= 11 is 0. The largest absolute Gasteiger partial charge is 0.504 e. The van der Waals surface area contributed by atoms with Gasteiger partial charge in [0.1, 0.15) is 0 Å². The molecule has 0 saturated carbocycles. The van der Waals surface area contributed by atoms with Crippen LogP contribution in [0, 0.1) is 0 Å². The number of hydrogen-bond acceptors (Lipinski definition) is 5. The third-order valence-electron chi connectivity index (χ3n) is 2.84. The lowest BCUT2D eigenvalue weighted by Gasteiger charge is -2.18. The van der Waals surface area contributed by atoms with E-state index in [1.807, 2.05) is 0 Å². The summed E-state index contributed by atoms with van der Waals surface area (Å²) < 4.78 is 0. The van der Waals surface area contributed by atoms with Crippen molar-refractivity contribution in [2.75, 3.05) is 38.0 Å². The summed E-state index contributed by atoms with van der Waals surface area (Å²) in [5.74, 6) is 0.0599. The number of carbonyl (C=O) groups excluding carboxylic acids is 1. The van der Waals surface area contributed by atoms with E-state index < -0.39 is 0 Å². The number of anilines is 1. The van der Waals surface area contributed by atoms with E-state index in [4.69, 9.17) is 0 Å². The maximum absolute atomic E-state index is 11.8. The first-order chi connectivity index (χ1) is 8.75. The first-order valence-corrected chi connectivity index (χ1v) is 6.12. The number of rotatable bonds is 3. The zero-order valence-corrected chi connectivity index (χ0v) is 10.2. The summed E-state index contributed by atoms with van der Waals surface area (Å²) in [6.07, 6.45) is 2.58. The fourth-order valence-corrected chi connectivity index (χ4v) is 1.93. The summed E-state index contributed by atoms with van der Waals surface area (Å²) in [7, 11) is 0. The van der Waals surface area contributed by atoms with Gasteiger partial charge in [0.15, 0.2) is 11.6 Å². The van der Waals surface area contributed by atoms with Gasteiger partial charge in [0.05, 0.1) is 6.54 Å². The summed E-state index contributed by atoms with van der Waals surface area (Å²) in [5, 5.41) is 15.4. The minimum Gasteiger partial charge on any atom is -0.504 e. The van der Waals surface area contributed by atoms with Crippen LogP contribution in [-0.4, -0.2) is 53.6 Å². The van der Waals surface area contributed by atoms with Crippen molar-refractivity contribution < 1.29 is 9.90 Å². The van der Waals surface area contributed by atoms with Crippen molar-refractivity contribution in [3.05, 3.63) is 18.3 Å². The van der Waals surface area contributed by atoms with Crippen molar-refractivity contribution >= 4 is 11.7 Å². The molecule has 0 atom stereocenters. The summed E-state index contributed by atoms with van der Waals surface area (Å²) in [5.41, 5.74) is 0. The van der Waals surface area contributed by atoms with Crippen LogP contribution in [0.3, 0.4) is 0 Å². The van der Waals surface area contributed by atoms with Gasteiger partial charge >= 0.3 is 0 Å². The number of hydrogen-bond donors (Lipinski definition) is 3. The smallest absolute Gasteiger partial charge is 0.239 e. The second-order valence-electron chi connectivity index (χ2n) is 4.30. The zero-order chi connectivity index (χ0) is 12.8. The fraction of sp³-hybridized carbons (Fsp3) is 0.500. The van der Waals surface area contributed by atoms with E-state index >= 15 is 0 Å². The van der Waals surface area contributed by atoms with Crippen LogP contribution < -0.4 is 10.6 Å². The molecular formula is C12H18N4O2. The Balaban J connectivity index is 1.86. The monoisotopic (exact) mass is 250 g/mol. The average molecular weight is 250 g/mol. The molecule has 1 aromatic rings. The lowest BCUT2D eigenvalue weighted by atomic mass is 10.3. The molecule has 0 aromatic carbocycles. The van der Waals surface area contributed by atoms with Crippen molar-refractivity contribution in [3.8, 4) is 5.75 Å². The van der Waals surface area contributed by atoms with Gasteiger partial charge in [-0.3, -0.25) is 9.69 Å². The number of amides is 1. The topological polar surface area (TPSA) is 77.5 Å². The van der Waals surface area contributed by atoms with Gasteiger partial charge in [-0.15, -0.1) is 0 Å². The van der Waals surface area contributed by atoms with Gasteiger partial charge in [-0.25, -0.2) is 4.98 Å². The normalized spacial score (nSPS) is 17.1. The molecule has 0 spiro atoms. The SMILES string of the molecule is O=C(CN1CCCNCC1)Nc1ncccc1O. The molecule has 1 aliphatic heterocycles. The van der Waals surface area contributed by atoms with Crippen LogP contribution in [0.4, 0.5) is 5.82 Å². The van der Waals surface area contributed by atoms with Gasteiger partial charge in [-0.1, -0.05) is 0 Å². The van der Waals surface area contributed by atoms with Crippen LogP contribution in [0.25, 0.3) is 0 Å². The molecule has 6 heteroatoms. The Labute approximate surface area is 106 Å². The molecule has 1 saturated heterocycles. The number of aromatic nitrogens is 1. The molecule has 2 heterocycles. The molecule has 98 valence electrons. The van der Waals surface area contributed by atoms with Crippen molar-refractivity contribution in [2.24, 2.45) is 0 Å². The Morgan fingerprint density at radius 2 is 2.39 bits per heavy atom. The minimum absolute atomic E-state index is 0.0108. The number of nitrogens with one attached hydrogen (secondary N) is 2. The fourth-order valence-electron chi connectivity index (χ4n) is 1.93. The molecule has 1 amide bonds. The number of carbonyl (C=O) groups is 1. The Bertz CT molecular complexity index is 403. The van der Waals surface area contributed by atoms with Crippen LogP contribution in [-0.2, 0) is 4.79 Å². The first kappa shape index (κ1) is 12.8. The average Bonchev–Trinajstić information content (AvgIpc) is 2.61.